The third kappa shape index (κ3) is 5.44. The predicted molar refractivity (Wildman–Crippen MR) is 162 cm³/mol. The number of nitrogens with one attached hydrogen (secondary N) is 2. The molecule has 6 nitrogen and oxygen atoms in total. The van der Waals surface area contributed by atoms with E-state index in [4.69, 9.17) is 16.3 Å². The molecule has 7 heteroatoms. The van der Waals surface area contributed by atoms with Gasteiger partial charge in [-0.2, -0.15) is 0 Å². The number of hydrogen-bond donors (Lipinski definition) is 2. The minimum Gasteiger partial charge on any atom is -0.457 e. The number of ether oxygens (including phenoxy) is 1. The molecule has 1 aliphatic rings. The number of carbonyl (C=O) groups excluding carboxylic acids is 1. The summed E-state index contributed by atoms with van der Waals surface area (Å²) in [4.78, 5) is 31.9. The van der Waals surface area contributed by atoms with Crippen molar-refractivity contribution in [3.05, 3.63) is 119 Å². The zero-order valence-electron chi connectivity index (χ0n) is 21.8. The zero-order valence-corrected chi connectivity index (χ0v) is 22.5. The number of aromatic nitrogens is 1. The van der Waals surface area contributed by atoms with Crippen LogP contribution >= 0.6 is 11.6 Å². The number of nitrogens with zero attached hydrogens (tertiary/aromatic N) is 1. The number of aromatic amines is 1. The first-order chi connectivity index (χ1) is 19.5. The highest BCUT2D eigenvalue weighted by atomic mass is 35.5. The molecule has 2 heterocycles. The number of fused-ring (bicyclic) bond motifs is 1. The van der Waals surface area contributed by atoms with Gasteiger partial charge in [-0.1, -0.05) is 60.1 Å². The van der Waals surface area contributed by atoms with Crippen molar-refractivity contribution in [1.82, 2.24) is 4.98 Å². The number of carbonyl (C=O) groups is 1. The number of pyridine rings is 1. The number of para-hydroxylation sites is 1. The van der Waals surface area contributed by atoms with Gasteiger partial charge >= 0.3 is 0 Å². The lowest BCUT2D eigenvalue weighted by atomic mass is 9.93. The molecule has 1 atom stereocenters. The fraction of sp³-hybridized carbons (Fsp3) is 0.152. The van der Waals surface area contributed by atoms with Crippen molar-refractivity contribution in [2.45, 2.75) is 12.8 Å². The second-order valence-electron chi connectivity index (χ2n) is 9.95. The molecule has 5 aromatic rings. The molecule has 40 heavy (non-hydrogen) atoms. The Labute approximate surface area is 237 Å². The number of H-pyrrole nitrogens is 1. The molecule has 2 N–H and O–H groups in total. The van der Waals surface area contributed by atoms with Crippen molar-refractivity contribution in [2.75, 3.05) is 23.3 Å². The minimum atomic E-state index is -0.271. The van der Waals surface area contributed by atoms with Crippen LogP contribution in [0.2, 0.25) is 5.02 Å². The zero-order chi connectivity index (χ0) is 27.5. The Balaban J connectivity index is 1.24. The average Bonchev–Trinajstić information content (AvgIpc) is 2.99. The van der Waals surface area contributed by atoms with Crippen LogP contribution < -0.4 is 20.5 Å². The highest BCUT2D eigenvalue weighted by Gasteiger charge is 2.29. The van der Waals surface area contributed by atoms with E-state index in [2.05, 4.69) is 10.3 Å². The summed E-state index contributed by atoms with van der Waals surface area (Å²) >= 11 is 6.38. The van der Waals surface area contributed by atoms with Crippen LogP contribution in [0.5, 0.6) is 11.5 Å². The number of amides is 1. The van der Waals surface area contributed by atoms with Gasteiger partial charge in [0.2, 0.25) is 5.91 Å². The van der Waals surface area contributed by atoms with Crippen molar-refractivity contribution < 1.29 is 9.53 Å². The molecule has 0 bridgehead atoms. The van der Waals surface area contributed by atoms with E-state index < -0.39 is 0 Å². The second kappa shape index (κ2) is 11.3. The fourth-order valence-electron chi connectivity index (χ4n) is 5.32. The van der Waals surface area contributed by atoms with Gasteiger partial charge in [0, 0.05) is 40.3 Å². The monoisotopic (exact) mass is 549 g/mol. The van der Waals surface area contributed by atoms with Crippen LogP contribution in [0.3, 0.4) is 0 Å². The molecule has 0 unspecified atom stereocenters. The van der Waals surface area contributed by atoms with Crippen molar-refractivity contribution >= 4 is 39.8 Å². The van der Waals surface area contributed by atoms with E-state index in [1.807, 2.05) is 102 Å². The van der Waals surface area contributed by atoms with Gasteiger partial charge < -0.3 is 19.9 Å². The molecule has 0 spiro atoms. The van der Waals surface area contributed by atoms with Crippen molar-refractivity contribution in [2.24, 2.45) is 5.92 Å². The van der Waals surface area contributed by atoms with Gasteiger partial charge in [-0.25, -0.2) is 0 Å². The molecular formula is C33H28ClN3O3. The quantitative estimate of drug-likeness (QED) is 0.230. The van der Waals surface area contributed by atoms with Gasteiger partial charge in [-0.15, -0.1) is 0 Å². The maximum absolute atomic E-state index is 13.5. The summed E-state index contributed by atoms with van der Waals surface area (Å²) in [5.41, 5.74) is 3.58. The summed E-state index contributed by atoms with van der Waals surface area (Å²) in [6, 6.07) is 32.3. The summed E-state index contributed by atoms with van der Waals surface area (Å²) in [6.07, 6.45) is 1.54. The molecule has 1 fully saturated rings. The largest absolute Gasteiger partial charge is 0.457 e. The van der Waals surface area contributed by atoms with E-state index >= 15 is 0 Å². The molecule has 0 aliphatic carbocycles. The topological polar surface area (TPSA) is 74.4 Å². The summed E-state index contributed by atoms with van der Waals surface area (Å²) in [5, 5.41) is 4.52. The van der Waals surface area contributed by atoms with Gasteiger partial charge in [-0.3, -0.25) is 9.59 Å². The van der Waals surface area contributed by atoms with Crippen molar-refractivity contribution in [1.29, 1.82) is 0 Å². The van der Waals surface area contributed by atoms with E-state index in [1.54, 1.807) is 6.07 Å². The van der Waals surface area contributed by atoms with Crippen LogP contribution in [0.4, 0.5) is 11.4 Å². The second-order valence-corrected chi connectivity index (χ2v) is 10.4. The van der Waals surface area contributed by atoms with E-state index in [9.17, 15) is 9.59 Å². The van der Waals surface area contributed by atoms with Crippen LogP contribution in [0.15, 0.2) is 108 Å². The normalized spacial score (nSPS) is 15.1. The lowest BCUT2D eigenvalue weighted by Crippen LogP contribution is -2.43. The molecule has 1 aliphatic heterocycles. The molecule has 6 rings (SSSR count). The summed E-state index contributed by atoms with van der Waals surface area (Å²) < 4.78 is 5.85. The summed E-state index contributed by atoms with van der Waals surface area (Å²) in [5.74, 6) is 1.11. The Kier molecular flexibility index (Phi) is 7.25. The third-order valence-electron chi connectivity index (χ3n) is 7.22. The summed E-state index contributed by atoms with van der Waals surface area (Å²) in [7, 11) is 0. The van der Waals surface area contributed by atoms with Crippen LogP contribution in [0.25, 0.3) is 22.0 Å². The molecule has 1 saturated heterocycles. The van der Waals surface area contributed by atoms with E-state index in [0.717, 1.165) is 40.6 Å². The first-order valence-corrected chi connectivity index (χ1v) is 13.7. The highest BCUT2D eigenvalue weighted by Crippen LogP contribution is 2.37. The van der Waals surface area contributed by atoms with E-state index in [1.165, 1.54) is 0 Å². The van der Waals surface area contributed by atoms with Crippen LogP contribution in [0, 0.1) is 5.92 Å². The Morgan fingerprint density at radius 2 is 1.60 bits per heavy atom. The first-order valence-electron chi connectivity index (χ1n) is 13.3. The number of piperidine rings is 1. The molecule has 200 valence electrons. The molecule has 0 radical (unpaired) electrons. The Bertz CT molecular complexity index is 1700. The van der Waals surface area contributed by atoms with Crippen molar-refractivity contribution in [3.8, 4) is 22.6 Å². The number of rotatable bonds is 6. The maximum atomic E-state index is 13.5. The first kappa shape index (κ1) is 25.7. The van der Waals surface area contributed by atoms with Crippen LogP contribution in [-0.2, 0) is 4.79 Å². The lowest BCUT2D eigenvalue weighted by molar-refractivity contribution is -0.120. The number of hydrogen-bond acceptors (Lipinski definition) is 4. The number of anilines is 2. The molecule has 4 aromatic carbocycles. The minimum absolute atomic E-state index is 0.0667. The third-order valence-corrected chi connectivity index (χ3v) is 7.46. The number of benzene rings is 4. The van der Waals surface area contributed by atoms with Crippen LogP contribution in [0.1, 0.15) is 12.8 Å². The SMILES string of the molecule is O=C(Nc1ccc(Oc2ccccc2)cc1)[C@H]1CCCN(c2c(-c3ccccc3)c3cc(Cl)ccc3[nH]c2=O)C1. The molecular weight excluding hydrogens is 522 g/mol. The maximum Gasteiger partial charge on any atom is 0.272 e. The van der Waals surface area contributed by atoms with Crippen molar-refractivity contribution in [3.63, 3.8) is 0 Å². The highest BCUT2D eigenvalue weighted by molar-refractivity contribution is 6.31. The average molecular weight is 550 g/mol. The van der Waals surface area contributed by atoms with Gasteiger partial charge in [0.25, 0.3) is 5.56 Å². The smallest absolute Gasteiger partial charge is 0.272 e. The summed E-state index contributed by atoms with van der Waals surface area (Å²) in [6.45, 7) is 1.13. The molecule has 1 amide bonds. The Hall–Kier alpha value is -4.55. The van der Waals surface area contributed by atoms with Gasteiger partial charge in [-0.05, 0) is 73.0 Å². The van der Waals surface area contributed by atoms with Gasteiger partial charge in [0.15, 0.2) is 0 Å². The Morgan fingerprint density at radius 1 is 0.900 bits per heavy atom. The van der Waals surface area contributed by atoms with Gasteiger partial charge in [0.05, 0.1) is 5.92 Å². The van der Waals surface area contributed by atoms with E-state index in [-0.39, 0.29) is 17.4 Å². The predicted octanol–water partition coefficient (Wildman–Crippen LogP) is 7.50. The standard InChI is InChI=1S/C33H28ClN3O3/c34-24-13-18-29-28(20-24)30(22-8-3-1-4-9-22)31(33(39)36-29)37-19-7-10-23(21-37)32(38)35-25-14-16-27(17-15-25)40-26-11-5-2-6-12-26/h1-6,8-9,11-18,20,23H,7,10,19,21H2,(H,35,38)(H,36,39)/t23-/m0/s1. The van der Waals surface area contributed by atoms with E-state index in [0.29, 0.717) is 35.2 Å². The number of halogens is 1. The van der Waals surface area contributed by atoms with Gasteiger partial charge in [0.1, 0.15) is 17.2 Å². The Morgan fingerprint density at radius 3 is 2.35 bits per heavy atom. The lowest BCUT2D eigenvalue weighted by Gasteiger charge is -2.34. The molecule has 0 saturated carbocycles. The molecule has 1 aromatic heterocycles. The van der Waals surface area contributed by atoms with Crippen LogP contribution in [-0.4, -0.2) is 24.0 Å². The fourth-order valence-corrected chi connectivity index (χ4v) is 5.50.